The number of benzene rings is 1. The maximum Gasteiger partial charge on any atom is 0.341 e. The zero-order valence-corrected chi connectivity index (χ0v) is 20.8. The molecule has 3 rings (SSSR count). The minimum absolute atomic E-state index is 0.0274. The van der Waals surface area contributed by atoms with Crippen molar-refractivity contribution in [2.75, 3.05) is 24.8 Å². The number of aromatic nitrogens is 3. The number of methoxy groups -OCH3 is 1. The van der Waals surface area contributed by atoms with Crippen LogP contribution in [0.25, 0.3) is 0 Å². The van der Waals surface area contributed by atoms with E-state index in [1.54, 1.807) is 21.0 Å². The number of nitrogens with one attached hydrogen (secondary N) is 1. The smallest absolute Gasteiger partial charge is 0.341 e. The number of primary amides is 1. The van der Waals surface area contributed by atoms with Crippen LogP contribution in [0.5, 0.6) is 5.75 Å². The van der Waals surface area contributed by atoms with Crippen LogP contribution in [-0.2, 0) is 23.0 Å². The lowest BCUT2D eigenvalue weighted by Crippen LogP contribution is -2.17. The molecule has 12 heteroatoms. The molecule has 10 nitrogen and oxygen atoms in total. The third-order valence-electron chi connectivity index (χ3n) is 4.88. The third kappa shape index (κ3) is 5.75. The summed E-state index contributed by atoms with van der Waals surface area (Å²) in [5.74, 6) is -0.113. The van der Waals surface area contributed by atoms with E-state index in [4.69, 9.17) is 15.2 Å². The average Bonchev–Trinajstić information content (AvgIpc) is 3.32. The van der Waals surface area contributed by atoms with E-state index in [0.29, 0.717) is 17.1 Å². The number of nitrogens with zero attached hydrogens (tertiary/aromatic N) is 3. The molecule has 1 aromatic carbocycles. The molecular formula is C22H25N5O5S2. The molecule has 2 aromatic heterocycles. The van der Waals surface area contributed by atoms with Crippen LogP contribution in [0.15, 0.2) is 29.4 Å². The van der Waals surface area contributed by atoms with Crippen molar-refractivity contribution in [1.29, 1.82) is 0 Å². The van der Waals surface area contributed by atoms with Crippen molar-refractivity contribution >= 4 is 45.9 Å². The predicted molar refractivity (Wildman–Crippen MR) is 130 cm³/mol. The van der Waals surface area contributed by atoms with Crippen LogP contribution in [0, 0.1) is 6.92 Å². The summed E-state index contributed by atoms with van der Waals surface area (Å²) in [6, 6.07) is 7.68. The number of anilines is 1. The molecule has 0 fully saturated rings. The van der Waals surface area contributed by atoms with Gasteiger partial charge in [-0.05, 0) is 37.1 Å². The summed E-state index contributed by atoms with van der Waals surface area (Å²) in [6.45, 7) is 3.43. The van der Waals surface area contributed by atoms with Crippen LogP contribution in [-0.4, -0.2) is 52.0 Å². The number of hydrogen-bond acceptors (Lipinski definition) is 9. The summed E-state index contributed by atoms with van der Waals surface area (Å²) >= 11 is 2.16. The van der Waals surface area contributed by atoms with Crippen molar-refractivity contribution in [3.63, 3.8) is 0 Å². The largest absolute Gasteiger partial charge is 0.497 e. The van der Waals surface area contributed by atoms with E-state index in [-0.39, 0.29) is 33.7 Å². The molecule has 3 aromatic rings. The number of thioether (sulfide) groups is 1. The van der Waals surface area contributed by atoms with Crippen molar-refractivity contribution in [2.45, 2.75) is 25.4 Å². The van der Waals surface area contributed by atoms with E-state index in [0.717, 1.165) is 28.5 Å². The first-order valence-corrected chi connectivity index (χ1v) is 12.1. The van der Waals surface area contributed by atoms with E-state index < -0.39 is 11.9 Å². The molecule has 0 unspecified atom stereocenters. The summed E-state index contributed by atoms with van der Waals surface area (Å²) < 4.78 is 12.1. The summed E-state index contributed by atoms with van der Waals surface area (Å²) in [4.78, 5) is 36.9. The number of esters is 1. The van der Waals surface area contributed by atoms with Gasteiger partial charge in [0.1, 0.15) is 16.6 Å². The molecule has 3 N–H and O–H groups in total. The van der Waals surface area contributed by atoms with E-state index in [2.05, 4.69) is 15.5 Å². The lowest BCUT2D eigenvalue weighted by atomic mass is 10.1. The fraction of sp³-hybridized carbons (Fsp3) is 0.318. The van der Waals surface area contributed by atoms with E-state index >= 15 is 0 Å². The Morgan fingerprint density at radius 3 is 2.53 bits per heavy atom. The fourth-order valence-electron chi connectivity index (χ4n) is 3.13. The van der Waals surface area contributed by atoms with Crippen LogP contribution in [0.4, 0.5) is 5.00 Å². The van der Waals surface area contributed by atoms with Gasteiger partial charge in [-0.1, -0.05) is 23.9 Å². The monoisotopic (exact) mass is 503 g/mol. The summed E-state index contributed by atoms with van der Waals surface area (Å²) in [5, 5.41) is 11.9. The third-order valence-corrected chi connectivity index (χ3v) is 7.12. The SMILES string of the molecule is CCOC(=O)c1c(NC(=O)CSc2nnc(Cc3ccc(OC)cc3)n2C)sc(C(N)=O)c1C. The molecule has 0 spiro atoms. The molecule has 180 valence electrons. The first-order valence-electron chi connectivity index (χ1n) is 10.3. The van der Waals surface area contributed by atoms with Gasteiger partial charge in [-0.3, -0.25) is 9.59 Å². The van der Waals surface area contributed by atoms with Crippen LogP contribution in [0.1, 0.15) is 43.9 Å². The van der Waals surface area contributed by atoms with Crippen molar-refractivity contribution in [3.8, 4) is 5.75 Å². The van der Waals surface area contributed by atoms with Gasteiger partial charge in [-0.15, -0.1) is 21.5 Å². The van der Waals surface area contributed by atoms with Crippen molar-refractivity contribution in [1.82, 2.24) is 14.8 Å². The molecule has 2 amide bonds. The highest BCUT2D eigenvalue weighted by atomic mass is 32.2. The normalized spacial score (nSPS) is 10.7. The minimum Gasteiger partial charge on any atom is -0.497 e. The Hall–Kier alpha value is -3.38. The molecule has 34 heavy (non-hydrogen) atoms. The molecule has 0 saturated carbocycles. The fourth-order valence-corrected chi connectivity index (χ4v) is 4.92. The number of rotatable bonds is 10. The number of carbonyl (C=O) groups is 3. The molecule has 0 radical (unpaired) electrons. The van der Waals surface area contributed by atoms with Gasteiger partial charge in [-0.25, -0.2) is 4.79 Å². The molecule has 0 bridgehead atoms. The Balaban J connectivity index is 1.67. The van der Waals surface area contributed by atoms with Crippen LogP contribution < -0.4 is 15.8 Å². The number of hydrogen-bond donors (Lipinski definition) is 2. The standard InChI is InChI=1S/C22H25N5O5S2/c1-5-32-21(30)17-12(2)18(19(23)29)34-20(17)24-16(28)11-33-22-26-25-15(27(22)3)10-13-6-8-14(31-4)9-7-13/h6-9H,5,10-11H2,1-4H3,(H2,23,29)(H,24,28). The summed E-state index contributed by atoms with van der Waals surface area (Å²) in [7, 11) is 3.45. The highest BCUT2D eigenvalue weighted by molar-refractivity contribution is 7.99. The summed E-state index contributed by atoms with van der Waals surface area (Å²) in [6.07, 6.45) is 0.577. The number of amides is 2. The van der Waals surface area contributed by atoms with Gasteiger partial charge in [-0.2, -0.15) is 0 Å². The molecule has 0 aliphatic carbocycles. The summed E-state index contributed by atoms with van der Waals surface area (Å²) in [5.41, 5.74) is 6.98. The predicted octanol–water partition coefficient (Wildman–Crippen LogP) is 2.79. The maximum atomic E-state index is 12.6. The average molecular weight is 504 g/mol. The first kappa shape index (κ1) is 25.2. The Morgan fingerprint density at radius 1 is 1.21 bits per heavy atom. The highest BCUT2D eigenvalue weighted by Crippen LogP contribution is 2.33. The van der Waals surface area contributed by atoms with E-state index in [1.165, 1.54) is 11.8 Å². The highest BCUT2D eigenvalue weighted by Gasteiger charge is 2.26. The quantitative estimate of drug-likeness (QED) is 0.318. The number of nitrogens with two attached hydrogens (primary N) is 1. The minimum atomic E-state index is -0.675. The lowest BCUT2D eigenvalue weighted by Gasteiger charge is -2.07. The lowest BCUT2D eigenvalue weighted by molar-refractivity contribution is -0.113. The molecule has 0 saturated heterocycles. The van der Waals surface area contributed by atoms with Gasteiger partial charge in [0, 0.05) is 13.5 Å². The van der Waals surface area contributed by atoms with Gasteiger partial charge in [0.15, 0.2) is 5.16 Å². The number of ether oxygens (including phenoxy) is 2. The van der Waals surface area contributed by atoms with E-state index in [9.17, 15) is 14.4 Å². The van der Waals surface area contributed by atoms with Gasteiger partial charge in [0.05, 0.1) is 29.9 Å². The van der Waals surface area contributed by atoms with Crippen LogP contribution in [0.3, 0.4) is 0 Å². The molecule has 0 aliphatic rings. The van der Waals surface area contributed by atoms with Gasteiger partial charge in [0.25, 0.3) is 5.91 Å². The number of thiophene rings is 1. The molecule has 2 heterocycles. The van der Waals surface area contributed by atoms with Crippen molar-refractivity contribution in [3.05, 3.63) is 51.7 Å². The Kier molecular flexibility index (Phi) is 8.29. The van der Waals surface area contributed by atoms with Crippen molar-refractivity contribution < 1.29 is 23.9 Å². The molecule has 0 aliphatic heterocycles. The maximum absolute atomic E-state index is 12.6. The topological polar surface area (TPSA) is 138 Å². The van der Waals surface area contributed by atoms with Crippen LogP contribution in [0.2, 0.25) is 0 Å². The second kappa shape index (κ2) is 11.2. The van der Waals surface area contributed by atoms with Crippen LogP contribution >= 0.6 is 23.1 Å². The second-order valence-electron chi connectivity index (χ2n) is 7.16. The van der Waals surface area contributed by atoms with Gasteiger partial charge < -0.3 is 25.1 Å². The Labute approximate surface area is 204 Å². The molecule has 0 atom stereocenters. The van der Waals surface area contributed by atoms with Gasteiger partial charge >= 0.3 is 5.97 Å². The Bertz CT molecular complexity index is 1200. The first-order chi connectivity index (χ1) is 16.2. The van der Waals surface area contributed by atoms with E-state index in [1.807, 2.05) is 35.9 Å². The van der Waals surface area contributed by atoms with Gasteiger partial charge in [0.2, 0.25) is 5.91 Å². The zero-order valence-electron chi connectivity index (χ0n) is 19.2. The second-order valence-corrected chi connectivity index (χ2v) is 9.13. The Morgan fingerprint density at radius 2 is 1.91 bits per heavy atom. The zero-order chi connectivity index (χ0) is 24.8. The number of carbonyl (C=O) groups excluding carboxylic acids is 3. The molecular weight excluding hydrogens is 478 g/mol. The van der Waals surface area contributed by atoms with Crippen molar-refractivity contribution in [2.24, 2.45) is 12.8 Å².